The molecule has 1 unspecified atom stereocenters. The summed E-state index contributed by atoms with van der Waals surface area (Å²) in [6, 6.07) is 1.81. The van der Waals surface area contributed by atoms with Crippen molar-refractivity contribution in [2.45, 2.75) is 37.5 Å². The molecule has 2 saturated heterocycles. The molecule has 3 rings (SSSR count). The molecule has 1 amide bonds. The predicted molar refractivity (Wildman–Crippen MR) is 93.7 cm³/mol. The van der Waals surface area contributed by atoms with Crippen LogP contribution < -0.4 is 5.32 Å². The van der Waals surface area contributed by atoms with E-state index in [-0.39, 0.29) is 11.5 Å². The first-order valence-corrected chi connectivity index (χ1v) is 10.7. The maximum absolute atomic E-state index is 12.2. The van der Waals surface area contributed by atoms with Crippen LogP contribution in [0.1, 0.15) is 37.0 Å². The second-order valence-electron chi connectivity index (χ2n) is 6.82. The van der Waals surface area contributed by atoms with Gasteiger partial charge >= 0.3 is 0 Å². The summed E-state index contributed by atoms with van der Waals surface area (Å²) >= 11 is 1.50. The molecule has 0 bridgehead atoms. The molecule has 1 aromatic rings. The lowest BCUT2D eigenvalue weighted by molar-refractivity contribution is -0.102. The van der Waals surface area contributed by atoms with Crippen LogP contribution in [0, 0.1) is 5.92 Å². The van der Waals surface area contributed by atoms with Gasteiger partial charge in [0, 0.05) is 37.2 Å². The number of amides is 1. The molecule has 8 heteroatoms. The van der Waals surface area contributed by atoms with E-state index in [1.165, 1.54) is 15.6 Å². The van der Waals surface area contributed by atoms with Gasteiger partial charge in [-0.3, -0.25) is 4.79 Å². The van der Waals surface area contributed by atoms with Crippen LogP contribution in [0.25, 0.3) is 0 Å². The molecule has 0 aromatic carbocycles. The van der Waals surface area contributed by atoms with Crippen LogP contribution in [0.4, 0.5) is 0 Å². The van der Waals surface area contributed by atoms with E-state index in [1.54, 1.807) is 19.9 Å². The van der Waals surface area contributed by atoms with Crippen molar-refractivity contribution in [1.29, 1.82) is 0 Å². The smallest absolute Gasteiger partial charge is 0.252 e. The summed E-state index contributed by atoms with van der Waals surface area (Å²) in [4.78, 5) is 12.0. The summed E-state index contributed by atoms with van der Waals surface area (Å²) in [5, 5.41) is 6.25. The number of ether oxygens (including phenoxy) is 1. The van der Waals surface area contributed by atoms with E-state index in [9.17, 15) is 13.2 Å². The number of hydrogen-bond donors (Lipinski definition) is 1. The minimum atomic E-state index is -3.21. The third-order valence-electron chi connectivity index (χ3n) is 5.01. The summed E-state index contributed by atoms with van der Waals surface area (Å²) in [6.07, 6.45) is 1.73. The fourth-order valence-electron chi connectivity index (χ4n) is 3.43. The Morgan fingerprint density at radius 1 is 1.50 bits per heavy atom. The largest absolute Gasteiger partial charge is 0.372 e. The fourth-order valence-corrected chi connectivity index (χ4v) is 5.46. The Kier molecular flexibility index (Phi) is 5.01. The Morgan fingerprint density at radius 2 is 2.25 bits per heavy atom. The van der Waals surface area contributed by atoms with E-state index < -0.39 is 15.3 Å². The van der Waals surface area contributed by atoms with Gasteiger partial charge in [-0.25, -0.2) is 8.42 Å². The first kappa shape index (κ1) is 17.8. The molecule has 1 aromatic heterocycles. The van der Waals surface area contributed by atoms with E-state index in [0.29, 0.717) is 37.7 Å². The van der Waals surface area contributed by atoms with Crippen molar-refractivity contribution in [2.75, 3.05) is 26.2 Å². The lowest BCUT2D eigenvalue weighted by Gasteiger charge is -2.49. The van der Waals surface area contributed by atoms with Gasteiger partial charge in [0.2, 0.25) is 10.0 Å². The molecular formula is C16H24N2O4S2. The molecular weight excluding hydrogens is 348 g/mol. The number of rotatable bonds is 6. The number of nitrogens with one attached hydrogen (secondary N) is 1. The Bertz CT molecular complexity index is 679. The van der Waals surface area contributed by atoms with Crippen molar-refractivity contribution >= 4 is 27.3 Å². The van der Waals surface area contributed by atoms with E-state index in [2.05, 4.69) is 5.32 Å². The van der Waals surface area contributed by atoms with Gasteiger partial charge in [0.15, 0.2) is 0 Å². The van der Waals surface area contributed by atoms with Crippen molar-refractivity contribution in [3.05, 3.63) is 22.4 Å². The minimum absolute atomic E-state index is 0.0539. The summed E-state index contributed by atoms with van der Waals surface area (Å²) < 4.78 is 31.9. The maximum Gasteiger partial charge on any atom is 0.252 e. The Labute approximate surface area is 147 Å². The molecule has 2 fully saturated rings. The topological polar surface area (TPSA) is 75.7 Å². The summed E-state index contributed by atoms with van der Waals surface area (Å²) in [6.45, 7) is 5.54. The van der Waals surface area contributed by atoms with Gasteiger partial charge in [0.25, 0.3) is 5.91 Å². The lowest BCUT2D eigenvalue weighted by atomic mass is 9.80. The zero-order valence-electron chi connectivity index (χ0n) is 14.0. The Balaban J connectivity index is 1.51. The van der Waals surface area contributed by atoms with Crippen LogP contribution in [-0.2, 0) is 14.8 Å². The normalized spacial score (nSPS) is 23.5. The van der Waals surface area contributed by atoms with Crippen LogP contribution in [0.2, 0.25) is 0 Å². The highest BCUT2D eigenvalue weighted by Crippen LogP contribution is 2.43. The third kappa shape index (κ3) is 3.24. The molecule has 0 aliphatic carbocycles. The maximum atomic E-state index is 12.2. The van der Waals surface area contributed by atoms with Gasteiger partial charge in [-0.1, -0.05) is 0 Å². The van der Waals surface area contributed by atoms with Crippen molar-refractivity contribution in [1.82, 2.24) is 9.62 Å². The molecule has 6 nitrogen and oxygen atoms in total. The van der Waals surface area contributed by atoms with Crippen LogP contribution in [0.3, 0.4) is 0 Å². The highest BCUT2D eigenvalue weighted by molar-refractivity contribution is 7.89. The van der Waals surface area contributed by atoms with Crippen molar-refractivity contribution in [3.8, 4) is 0 Å². The molecule has 1 N–H and O–H groups in total. The molecule has 1 spiro atoms. The van der Waals surface area contributed by atoms with E-state index in [1.807, 2.05) is 10.8 Å². The SMILES string of the molecule is CC(C)S(=O)(=O)N1CC2(C1)OCCC2CCNC(=O)c1ccsc1. The van der Waals surface area contributed by atoms with E-state index >= 15 is 0 Å². The number of carbonyl (C=O) groups excluding carboxylic acids is 1. The second-order valence-corrected chi connectivity index (χ2v) is 10.1. The lowest BCUT2D eigenvalue weighted by Crippen LogP contribution is -2.67. The standard InChI is InChI=1S/C16H24N2O4S2/c1-12(2)24(20,21)18-10-16(11-18)14(4-7-22-16)3-6-17-15(19)13-5-8-23-9-13/h5,8-9,12,14H,3-4,6-7,10-11H2,1-2H3,(H,17,19). The first-order valence-electron chi connectivity index (χ1n) is 8.28. The summed E-state index contributed by atoms with van der Waals surface area (Å²) in [5.41, 5.74) is 0.338. The van der Waals surface area contributed by atoms with Crippen LogP contribution >= 0.6 is 11.3 Å². The number of sulfonamides is 1. The number of hydrogen-bond acceptors (Lipinski definition) is 5. The molecule has 3 heterocycles. The zero-order chi connectivity index (χ0) is 17.4. The fraction of sp³-hybridized carbons (Fsp3) is 0.688. The van der Waals surface area contributed by atoms with Gasteiger partial charge in [-0.05, 0) is 44.1 Å². The number of thiophene rings is 1. The van der Waals surface area contributed by atoms with Crippen LogP contribution in [-0.4, -0.2) is 55.7 Å². The molecule has 2 aliphatic rings. The molecule has 24 heavy (non-hydrogen) atoms. The highest BCUT2D eigenvalue weighted by Gasteiger charge is 2.56. The van der Waals surface area contributed by atoms with Gasteiger partial charge in [0.05, 0.1) is 10.9 Å². The van der Waals surface area contributed by atoms with E-state index in [4.69, 9.17) is 4.74 Å². The van der Waals surface area contributed by atoms with Crippen molar-refractivity contribution in [2.24, 2.45) is 5.92 Å². The monoisotopic (exact) mass is 372 g/mol. The number of carbonyl (C=O) groups is 1. The second kappa shape index (κ2) is 6.74. The van der Waals surface area contributed by atoms with Gasteiger partial charge in [-0.2, -0.15) is 15.6 Å². The first-order chi connectivity index (χ1) is 11.3. The quantitative estimate of drug-likeness (QED) is 0.825. The van der Waals surface area contributed by atoms with Crippen molar-refractivity contribution in [3.63, 3.8) is 0 Å². The molecule has 0 radical (unpaired) electrons. The molecule has 134 valence electrons. The average Bonchev–Trinajstić information content (AvgIpc) is 3.14. The Morgan fingerprint density at radius 3 is 2.88 bits per heavy atom. The molecule has 0 saturated carbocycles. The highest BCUT2D eigenvalue weighted by atomic mass is 32.2. The van der Waals surface area contributed by atoms with Crippen molar-refractivity contribution < 1.29 is 17.9 Å². The van der Waals surface area contributed by atoms with Crippen LogP contribution in [0.15, 0.2) is 16.8 Å². The van der Waals surface area contributed by atoms with Gasteiger partial charge < -0.3 is 10.1 Å². The predicted octanol–water partition coefficient (Wildman–Crippen LogP) is 1.70. The third-order valence-corrected chi connectivity index (χ3v) is 7.86. The zero-order valence-corrected chi connectivity index (χ0v) is 15.7. The minimum Gasteiger partial charge on any atom is -0.372 e. The van der Waals surface area contributed by atoms with Crippen LogP contribution in [0.5, 0.6) is 0 Å². The average molecular weight is 373 g/mol. The summed E-state index contributed by atoms with van der Waals surface area (Å²) in [7, 11) is -3.21. The summed E-state index contributed by atoms with van der Waals surface area (Å²) in [5.74, 6) is 0.237. The molecule has 1 atom stereocenters. The van der Waals surface area contributed by atoms with Gasteiger partial charge in [-0.15, -0.1) is 0 Å². The molecule has 2 aliphatic heterocycles. The van der Waals surface area contributed by atoms with E-state index in [0.717, 1.165) is 12.8 Å². The van der Waals surface area contributed by atoms with Gasteiger partial charge in [0.1, 0.15) is 0 Å². The number of nitrogens with zero attached hydrogens (tertiary/aromatic N) is 1. The Hall–Kier alpha value is -0.960.